The van der Waals surface area contributed by atoms with Crippen LogP contribution in [0.15, 0.2) is 10.5 Å². The van der Waals surface area contributed by atoms with Crippen LogP contribution in [0.4, 0.5) is 10.6 Å². The highest BCUT2D eigenvalue weighted by molar-refractivity contribution is 9.10. The number of likely N-dealkylation sites (tertiary alicyclic amines) is 3. The normalized spacial score (nSPS) is 20.8. The van der Waals surface area contributed by atoms with Crippen molar-refractivity contribution >= 4 is 33.7 Å². The van der Waals surface area contributed by atoms with Crippen molar-refractivity contribution in [2.24, 2.45) is 5.92 Å². The predicted molar refractivity (Wildman–Crippen MR) is 130 cm³/mol. The number of urea groups is 1. The number of carbonyl (C=O) groups excluding carboxylic acids is 2. The van der Waals surface area contributed by atoms with Gasteiger partial charge in [0.15, 0.2) is 0 Å². The Morgan fingerprint density at radius 1 is 1.09 bits per heavy atom. The zero-order valence-electron chi connectivity index (χ0n) is 19.4. The Hall–Kier alpha value is -2.07. The summed E-state index contributed by atoms with van der Waals surface area (Å²) in [6.07, 6.45) is 6.28. The molecule has 3 aliphatic heterocycles. The van der Waals surface area contributed by atoms with Gasteiger partial charge in [0.25, 0.3) is 5.91 Å². The van der Waals surface area contributed by atoms with Crippen molar-refractivity contribution < 1.29 is 14.3 Å². The summed E-state index contributed by atoms with van der Waals surface area (Å²) in [6.45, 7) is 6.61. The molecule has 33 heavy (non-hydrogen) atoms. The van der Waals surface area contributed by atoms with Gasteiger partial charge in [0.1, 0.15) is 11.4 Å². The third-order valence-corrected chi connectivity index (χ3v) is 7.74. The molecule has 3 amide bonds. The maximum absolute atomic E-state index is 12.8. The van der Waals surface area contributed by atoms with Crippen LogP contribution in [-0.4, -0.2) is 90.6 Å². The highest BCUT2D eigenvalue weighted by atomic mass is 79.9. The number of nitrogen functional groups attached to an aromatic ring is 1. The number of anilines is 1. The number of pyridine rings is 1. The first-order valence-corrected chi connectivity index (χ1v) is 12.8. The minimum Gasteiger partial charge on any atom is -0.480 e. The second-order valence-corrected chi connectivity index (χ2v) is 10.2. The van der Waals surface area contributed by atoms with E-state index >= 15 is 0 Å². The number of carbonyl (C=O) groups is 2. The summed E-state index contributed by atoms with van der Waals surface area (Å²) >= 11 is 3.33. The zero-order valence-corrected chi connectivity index (χ0v) is 21.0. The van der Waals surface area contributed by atoms with Crippen molar-refractivity contribution in [3.05, 3.63) is 16.1 Å². The molecule has 0 atom stereocenters. The molecule has 0 bridgehead atoms. The van der Waals surface area contributed by atoms with Crippen molar-refractivity contribution in [1.29, 1.82) is 0 Å². The fourth-order valence-corrected chi connectivity index (χ4v) is 5.42. The van der Waals surface area contributed by atoms with E-state index in [1.807, 2.05) is 9.80 Å². The Morgan fingerprint density at radius 3 is 2.36 bits per heavy atom. The van der Waals surface area contributed by atoms with E-state index in [1.165, 1.54) is 7.11 Å². The lowest BCUT2D eigenvalue weighted by atomic mass is 9.94. The summed E-state index contributed by atoms with van der Waals surface area (Å²) in [4.78, 5) is 36.1. The predicted octanol–water partition coefficient (Wildman–Crippen LogP) is 2.56. The summed E-state index contributed by atoms with van der Waals surface area (Å²) in [5.41, 5.74) is 6.18. The van der Waals surface area contributed by atoms with E-state index in [0.717, 1.165) is 84.3 Å². The molecule has 0 radical (unpaired) electrons. The Morgan fingerprint density at radius 2 is 1.73 bits per heavy atom. The van der Waals surface area contributed by atoms with Gasteiger partial charge in [-0.15, -0.1) is 0 Å². The van der Waals surface area contributed by atoms with E-state index in [1.54, 1.807) is 6.07 Å². The number of piperidine rings is 2. The van der Waals surface area contributed by atoms with Crippen molar-refractivity contribution in [3.63, 3.8) is 0 Å². The van der Waals surface area contributed by atoms with Crippen LogP contribution < -0.4 is 15.8 Å². The molecule has 1 aromatic rings. The van der Waals surface area contributed by atoms with Gasteiger partial charge in [0.2, 0.25) is 5.88 Å². The molecule has 4 heterocycles. The van der Waals surface area contributed by atoms with Crippen LogP contribution in [0.25, 0.3) is 0 Å². The van der Waals surface area contributed by atoms with E-state index < -0.39 is 0 Å². The van der Waals surface area contributed by atoms with Crippen LogP contribution in [0.5, 0.6) is 5.88 Å². The number of nitrogens with zero attached hydrogens (tertiary/aromatic N) is 4. The number of hydrogen-bond donors (Lipinski definition) is 2. The smallest absolute Gasteiger partial charge is 0.319 e. The van der Waals surface area contributed by atoms with E-state index in [2.05, 4.69) is 31.1 Å². The number of nitrogens with two attached hydrogens (primary N) is 1. The molecular weight excluding hydrogens is 488 g/mol. The summed E-state index contributed by atoms with van der Waals surface area (Å²) in [5.74, 6) is 0.984. The first kappa shape index (κ1) is 24.1. The first-order chi connectivity index (χ1) is 15.9. The molecule has 3 fully saturated rings. The first-order valence-electron chi connectivity index (χ1n) is 12.0. The molecule has 182 valence electrons. The average molecular weight is 523 g/mol. The van der Waals surface area contributed by atoms with E-state index in [0.29, 0.717) is 21.8 Å². The molecule has 0 unspecified atom stereocenters. The monoisotopic (exact) mass is 522 g/mol. The molecule has 0 aliphatic carbocycles. The molecule has 0 saturated carbocycles. The highest BCUT2D eigenvalue weighted by Crippen LogP contribution is 2.26. The number of methoxy groups -OCH3 is 1. The van der Waals surface area contributed by atoms with Gasteiger partial charge < -0.3 is 30.5 Å². The van der Waals surface area contributed by atoms with Crippen LogP contribution in [0.1, 0.15) is 48.9 Å². The fourth-order valence-electron chi connectivity index (χ4n) is 5.11. The van der Waals surface area contributed by atoms with Crippen molar-refractivity contribution in [1.82, 2.24) is 25.0 Å². The van der Waals surface area contributed by atoms with E-state index in [4.69, 9.17) is 10.5 Å². The summed E-state index contributed by atoms with van der Waals surface area (Å²) < 4.78 is 5.82. The quantitative estimate of drug-likeness (QED) is 0.615. The molecule has 1 aromatic heterocycles. The largest absolute Gasteiger partial charge is 0.480 e. The van der Waals surface area contributed by atoms with Crippen molar-refractivity contribution in [2.75, 3.05) is 58.7 Å². The third-order valence-electron chi connectivity index (χ3n) is 7.11. The molecule has 9 nitrogen and oxygen atoms in total. The number of rotatable bonds is 5. The zero-order chi connectivity index (χ0) is 23.4. The van der Waals surface area contributed by atoms with Crippen LogP contribution in [0.3, 0.4) is 0 Å². The Bertz CT molecular complexity index is 847. The molecule has 10 heteroatoms. The summed E-state index contributed by atoms with van der Waals surface area (Å²) in [5, 5.41) is 3.13. The molecular formula is C23H35BrN6O3. The van der Waals surface area contributed by atoms with Crippen LogP contribution >= 0.6 is 15.9 Å². The second-order valence-electron chi connectivity index (χ2n) is 9.37. The second kappa shape index (κ2) is 10.9. The fraction of sp³-hybridized carbons (Fsp3) is 0.696. The van der Waals surface area contributed by atoms with E-state index in [9.17, 15) is 9.59 Å². The van der Waals surface area contributed by atoms with Gasteiger partial charge in [-0.05, 0) is 66.4 Å². The number of ether oxygens (including phenoxy) is 1. The molecule has 3 saturated heterocycles. The number of aromatic nitrogens is 1. The maximum atomic E-state index is 12.8. The van der Waals surface area contributed by atoms with Gasteiger partial charge in [-0.3, -0.25) is 4.79 Å². The van der Waals surface area contributed by atoms with Gasteiger partial charge >= 0.3 is 6.03 Å². The lowest BCUT2D eigenvalue weighted by Gasteiger charge is -2.38. The molecule has 3 N–H and O–H groups in total. The van der Waals surface area contributed by atoms with Gasteiger partial charge in [-0.2, -0.15) is 4.98 Å². The molecule has 0 aromatic carbocycles. The summed E-state index contributed by atoms with van der Waals surface area (Å²) in [7, 11) is 1.48. The number of amides is 3. The molecule has 3 aliphatic rings. The molecule has 4 rings (SSSR count). The lowest BCUT2D eigenvalue weighted by Crippen LogP contribution is -2.49. The van der Waals surface area contributed by atoms with Gasteiger partial charge in [0, 0.05) is 51.9 Å². The maximum Gasteiger partial charge on any atom is 0.319 e. The van der Waals surface area contributed by atoms with Gasteiger partial charge in [-0.25, -0.2) is 4.79 Å². The topological polar surface area (TPSA) is 104 Å². The minimum atomic E-state index is -0.187. The average Bonchev–Trinajstić information content (AvgIpc) is 3.37. The van der Waals surface area contributed by atoms with E-state index in [-0.39, 0.29) is 23.9 Å². The number of hydrogen-bond acceptors (Lipinski definition) is 6. The standard InChI is InChI=1S/C23H35BrN6O3/c1-33-22-18(14-19(24)20(25)27-22)21(31)26-17-6-10-28(11-7-17)15-16-4-12-30(13-5-16)23(32)29-8-2-3-9-29/h14,16-17H,2-13,15H2,1H3,(H2,25,27)(H,26,31). The van der Waals surface area contributed by atoms with Crippen LogP contribution in [0.2, 0.25) is 0 Å². The SMILES string of the molecule is COc1nc(N)c(Br)cc1C(=O)NC1CCN(CC2CCN(C(=O)N3CCCC3)CC2)CC1. The van der Waals surface area contributed by atoms with Crippen molar-refractivity contribution in [3.8, 4) is 5.88 Å². The number of halogens is 1. The Kier molecular flexibility index (Phi) is 7.95. The Labute approximate surface area is 204 Å². The Balaban J connectivity index is 1.19. The van der Waals surface area contributed by atoms with Crippen molar-refractivity contribution in [2.45, 2.75) is 44.6 Å². The molecule has 0 spiro atoms. The van der Waals surface area contributed by atoms with Gasteiger partial charge in [0.05, 0.1) is 11.6 Å². The highest BCUT2D eigenvalue weighted by Gasteiger charge is 2.30. The number of nitrogens with one attached hydrogen (secondary N) is 1. The minimum absolute atomic E-state index is 0.134. The third kappa shape index (κ3) is 5.90. The van der Waals surface area contributed by atoms with Crippen LogP contribution in [-0.2, 0) is 0 Å². The summed E-state index contributed by atoms with van der Waals surface area (Å²) in [6, 6.07) is 2.03. The lowest BCUT2D eigenvalue weighted by molar-refractivity contribution is 0.0885. The van der Waals surface area contributed by atoms with Gasteiger partial charge in [-0.1, -0.05) is 0 Å². The van der Waals surface area contributed by atoms with Crippen LogP contribution in [0, 0.1) is 5.92 Å².